The summed E-state index contributed by atoms with van der Waals surface area (Å²) in [7, 11) is -2.03. The van der Waals surface area contributed by atoms with Crippen LogP contribution in [0.3, 0.4) is 0 Å². The SMILES string of the molecule is Cc1ccc(S(=O)(=O)N(C)c2ccc(OCc3ccccc3)cc2)cc1. The molecule has 0 aliphatic carbocycles. The molecule has 0 spiro atoms. The highest BCUT2D eigenvalue weighted by molar-refractivity contribution is 7.92. The zero-order chi connectivity index (χ0) is 18.6. The second-order valence-electron chi connectivity index (χ2n) is 6.05. The van der Waals surface area contributed by atoms with Crippen molar-refractivity contribution in [3.63, 3.8) is 0 Å². The van der Waals surface area contributed by atoms with Crippen LogP contribution in [-0.2, 0) is 16.6 Å². The van der Waals surface area contributed by atoms with Crippen molar-refractivity contribution in [3.8, 4) is 5.75 Å². The van der Waals surface area contributed by atoms with Gasteiger partial charge in [-0.05, 0) is 48.9 Å². The fourth-order valence-electron chi connectivity index (χ4n) is 2.50. The van der Waals surface area contributed by atoms with E-state index in [0.717, 1.165) is 11.1 Å². The van der Waals surface area contributed by atoms with Gasteiger partial charge in [0, 0.05) is 7.05 Å². The zero-order valence-corrected chi connectivity index (χ0v) is 15.6. The average molecular weight is 367 g/mol. The largest absolute Gasteiger partial charge is 0.489 e. The molecule has 0 radical (unpaired) electrons. The van der Waals surface area contributed by atoms with E-state index in [-0.39, 0.29) is 4.90 Å². The van der Waals surface area contributed by atoms with Crippen LogP contribution in [0.15, 0.2) is 83.8 Å². The van der Waals surface area contributed by atoms with Crippen LogP contribution in [0.5, 0.6) is 5.75 Å². The predicted octanol–water partition coefficient (Wildman–Crippen LogP) is 4.40. The molecule has 4 nitrogen and oxygen atoms in total. The highest BCUT2D eigenvalue weighted by Gasteiger charge is 2.21. The summed E-state index contributed by atoms with van der Waals surface area (Å²) in [4.78, 5) is 0.273. The van der Waals surface area contributed by atoms with Gasteiger partial charge in [-0.3, -0.25) is 4.31 Å². The van der Waals surface area contributed by atoms with Crippen LogP contribution in [-0.4, -0.2) is 15.5 Å². The van der Waals surface area contributed by atoms with Crippen LogP contribution in [0.1, 0.15) is 11.1 Å². The zero-order valence-electron chi connectivity index (χ0n) is 14.8. The molecule has 3 aromatic rings. The number of anilines is 1. The number of ether oxygens (including phenoxy) is 1. The van der Waals surface area contributed by atoms with Gasteiger partial charge < -0.3 is 4.74 Å². The van der Waals surface area contributed by atoms with Gasteiger partial charge in [0.05, 0.1) is 10.6 Å². The smallest absolute Gasteiger partial charge is 0.264 e. The number of hydrogen-bond donors (Lipinski definition) is 0. The molecule has 5 heteroatoms. The molecule has 0 fully saturated rings. The van der Waals surface area contributed by atoms with E-state index in [1.165, 1.54) is 4.31 Å². The summed E-state index contributed by atoms with van der Waals surface area (Å²) in [5.41, 5.74) is 2.68. The van der Waals surface area contributed by atoms with E-state index in [1.54, 1.807) is 55.6 Å². The Balaban J connectivity index is 1.72. The first-order valence-corrected chi connectivity index (χ1v) is 9.73. The predicted molar refractivity (Wildman–Crippen MR) is 104 cm³/mol. The summed E-state index contributed by atoms with van der Waals surface area (Å²) in [6.07, 6.45) is 0. The monoisotopic (exact) mass is 367 g/mol. The van der Waals surface area contributed by atoms with E-state index in [4.69, 9.17) is 4.74 Å². The molecular formula is C21H21NO3S. The van der Waals surface area contributed by atoms with Crippen molar-refractivity contribution < 1.29 is 13.2 Å². The van der Waals surface area contributed by atoms with Crippen molar-refractivity contribution in [1.82, 2.24) is 0 Å². The Hall–Kier alpha value is -2.79. The Morgan fingerprint density at radius 2 is 1.46 bits per heavy atom. The van der Waals surface area contributed by atoms with E-state index in [9.17, 15) is 8.42 Å². The van der Waals surface area contributed by atoms with Crippen LogP contribution in [0, 0.1) is 6.92 Å². The lowest BCUT2D eigenvalue weighted by Crippen LogP contribution is -2.26. The molecule has 0 amide bonds. The van der Waals surface area contributed by atoms with Gasteiger partial charge in [0.1, 0.15) is 12.4 Å². The van der Waals surface area contributed by atoms with E-state index in [1.807, 2.05) is 37.3 Å². The molecule has 0 bridgehead atoms. The van der Waals surface area contributed by atoms with E-state index < -0.39 is 10.0 Å². The number of nitrogens with zero attached hydrogens (tertiary/aromatic N) is 1. The fourth-order valence-corrected chi connectivity index (χ4v) is 3.70. The Morgan fingerprint density at radius 1 is 0.846 bits per heavy atom. The van der Waals surface area contributed by atoms with E-state index in [2.05, 4.69) is 0 Å². The number of hydrogen-bond acceptors (Lipinski definition) is 3. The van der Waals surface area contributed by atoms with Crippen molar-refractivity contribution in [2.45, 2.75) is 18.4 Å². The van der Waals surface area contributed by atoms with Crippen molar-refractivity contribution in [1.29, 1.82) is 0 Å². The third-order valence-corrected chi connectivity index (χ3v) is 5.93. The molecule has 0 N–H and O–H groups in total. The molecule has 0 aliphatic heterocycles. The Bertz CT molecular complexity index is 950. The quantitative estimate of drug-likeness (QED) is 0.649. The fraction of sp³-hybridized carbons (Fsp3) is 0.143. The van der Waals surface area contributed by atoms with Crippen LogP contribution in [0.4, 0.5) is 5.69 Å². The molecule has 0 unspecified atom stereocenters. The Kier molecular flexibility index (Phi) is 5.28. The molecular weight excluding hydrogens is 346 g/mol. The maximum atomic E-state index is 12.7. The van der Waals surface area contributed by atoms with Crippen molar-refractivity contribution in [2.75, 3.05) is 11.4 Å². The lowest BCUT2D eigenvalue weighted by molar-refractivity contribution is 0.306. The minimum atomic E-state index is -3.58. The molecule has 134 valence electrons. The maximum absolute atomic E-state index is 12.7. The summed E-state index contributed by atoms with van der Waals surface area (Å²) in [6.45, 7) is 2.39. The first kappa shape index (κ1) is 18.0. The number of rotatable bonds is 6. The van der Waals surface area contributed by atoms with Gasteiger partial charge in [-0.15, -0.1) is 0 Å². The Labute approximate surface area is 154 Å². The van der Waals surface area contributed by atoms with Gasteiger partial charge >= 0.3 is 0 Å². The normalized spacial score (nSPS) is 11.2. The number of aryl methyl sites for hydroxylation is 1. The molecule has 0 atom stereocenters. The summed E-state index contributed by atoms with van der Waals surface area (Å²) >= 11 is 0. The van der Waals surface area contributed by atoms with Crippen LogP contribution in [0.2, 0.25) is 0 Å². The van der Waals surface area contributed by atoms with Crippen molar-refractivity contribution in [2.24, 2.45) is 0 Å². The maximum Gasteiger partial charge on any atom is 0.264 e. The van der Waals surface area contributed by atoms with Gasteiger partial charge in [0.2, 0.25) is 0 Å². The summed E-state index contributed by atoms with van der Waals surface area (Å²) < 4.78 is 32.5. The minimum absolute atomic E-state index is 0.273. The third-order valence-electron chi connectivity index (χ3n) is 4.13. The summed E-state index contributed by atoms with van der Waals surface area (Å²) in [5, 5.41) is 0. The topological polar surface area (TPSA) is 46.6 Å². The highest BCUT2D eigenvalue weighted by atomic mass is 32.2. The molecule has 0 saturated carbocycles. The Morgan fingerprint density at radius 3 is 2.08 bits per heavy atom. The number of benzene rings is 3. The van der Waals surface area contributed by atoms with E-state index in [0.29, 0.717) is 18.0 Å². The van der Waals surface area contributed by atoms with Gasteiger partial charge in [0.25, 0.3) is 10.0 Å². The molecule has 0 heterocycles. The molecule has 26 heavy (non-hydrogen) atoms. The van der Waals surface area contributed by atoms with Crippen LogP contribution < -0.4 is 9.04 Å². The molecule has 0 saturated heterocycles. The third kappa shape index (κ3) is 4.06. The molecule has 0 aromatic heterocycles. The first-order chi connectivity index (χ1) is 12.5. The van der Waals surface area contributed by atoms with Gasteiger partial charge in [-0.2, -0.15) is 0 Å². The minimum Gasteiger partial charge on any atom is -0.489 e. The molecule has 3 rings (SSSR count). The summed E-state index contributed by atoms with van der Waals surface area (Å²) in [6, 6.07) is 23.8. The summed E-state index contributed by atoms with van der Waals surface area (Å²) in [5.74, 6) is 0.693. The molecule has 0 aliphatic rings. The van der Waals surface area contributed by atoms with Gasteiger partial charge in [-0.25, -0.2) is 8.42 Å². The van der Waals surface area contributed by atoms with Crippen LogP contribution in [0.25, 0.3) is 0 Å². The van der Waals surface area contributed by atoms with Gasteiger partial charge in [0.15, 0.2) is 0 Å². The average Bonchev–Trinajstić information content (AvgIpc) is 2.67. The standard InChI is InChI=1S/C21H21NO3S/c1-17-8-14-21(15-9-17)26(23,24)22(2)19-10-12-20(13-11-19)25-16-18-6-4-3-5-7-18/h3-15H,16H2,1-2H3. The van der Waals surface area contributed by atoms with Crippen LogP contribution >= 0.6 is 0 Å². The highest BCUT2D eigenvalue weighted by Crippen LogP contribution is 2.25. The lowest BCUT2D eigenvalue weighted by Gasteiger charge is -2.20. The second-order valence-corrected chi connectivity index (χ2v) is 8.02. The van der Waals surface area contributed by atoms with Crippen molar-refractivity contribution >= 4 is 15.7 Å². The van der Waals surface area contributed by atoms with Gasteiger partial charge in [-0.1, -0.05) is 48.0 Å². The first-order valence-electron chi connectivity index (χ1n) is 8.29. The molecule has 3 aromatic carbocycles. The van der Waals surface area contributed by atoms with E-state index >= 15 is 0 Å². The van der Waals surface area contributed by atoms with Crippen molar-refractivity contribution in [3.05, 3.63) is 90.0 Å². The lowest BCUT2D eigenvalue weighted by atomic mass is 10.2. The number of sulfonamides is 1. The second kappa shape index (κ2) is 7.62.